The molecule has 0 heterocycles. The van der Waals surface area contributed by atoms with Crippen molar-refractivity contribution in [2.75, 3.05) is 19.7 Å². The Morgan fingerprint density at radius 3 is 2.65 bits per heavy atom. The van der Waals surface area contributed by atoms with Gasteiger partial charge in [0.25, 0.3) is 0 Å². The fraction of sp³-hybridized carbons (Fsp3) is 0.357. The fourth-order valence-corrected chi connectivity index (χ4v) is 1.89. The molecule has 17 heavy (non-hydrogen) atoms. The Balaban J connectivity index is 2.89. The predicted molar refractivity (Wildman–Crippen MR) is 68.3 cm³/mol. The molecule has 90 valence electrons. The third-order valence-corrected chi connectivity index (χ3v) is 2.66. The van der Waals surface area contributed by atoms with Gasteiger partial charge in [-0.25, -0.2) is 0 Å². The summed E-state index contributed by atoms with van der Waals surface area (Å²) < 4.78 is 0. The maximum Gasteiger partial charge on any atom is 0.0641 e. The van der Waals surface area contributed by atoms with Crippen molar-refractivity contribution in [3.05, 3.63) is 48.6 Å². The average Bonchev–Trinajstić information content (AvgIpc) is 2.37. The second-order valence-corrected chi connectivity index (χ2v) is 3.80. The average molecular weight is 230 g/mol. The lowest BCUT2D eigenvalue weighted by Gasteiger charge is -2.28. The third-order valence-electron chi connectivity index (χ3n) is 2.66. The van der Waals surface area contributed by atoms with Gasteiger partial charge < -0.3 is 5.11 Å². The van der Waals surface area contributed by atoms with Crippen LogP contribution in [0.25, 0.3) is 0 Å². The molecule has 0 aromatic heterocycles. The summed E-state index contributed by atoms with van der Waals surface area (Å²) in [5.74, 6) is 0. The number of benzene rings is 1. The monoisotopic (exact) mass is 230 g/mol. The molecule has 0 saturated carbocycles. The summed E-state index contributed by atoms with van der Waals surface area (Å²) in [5.41, 5.74) is 1.10. The van der Waals surface area contributed by atoms with Crippen LogP contribution < -0.4 is 0 Å². The van der Waals surface area contributed by atoms with Crippen LogP contribution in [0.15, 0.2) is 43.0 Å². The number of nitriles is 1. The number of nitrogens with zero attached hydrogens (tertiary/aromatic N) is 2. The van der Waals surface area contributed by atoms with Crippen LogP contribution in [0.5, 0.6) is 0 Å². The van der Waals surface area contributed by atoms with E-state index in [0.29, 0.717) is 19.5 Å². The van der Waals surface area contributed by atoms with E-state index in [1.54, 1.807) is 6.08 Å². The molecule has 1 atom stereocenters. The lowest BCUT2D eigenvalue weighted by molar-refractivity contribution is 0.165. The van der Waals surface area contributed by atoms with Gasteiger partial charge in [-0.1, -0.05) is 36.4 Å². The standard InChI is InChI=1S/C14H18N2O/c1-2-10-16(11-12-17)14(8-9-15)13-6-4-3-5-7-13/h2-7,14,17H,1,8,10-12H2. The highest BCUT2D eigenvalue weighted by Gasteiger charge is 2.18. The van der Waals surface area contributed by atoms with Crippen LogP contribution >= 0.6 is 0 Å². The number of aliphatic hydroxyl groups excluding tert-OH is 1. The molecule has 0 saturated heterocycles. The Hall–Kier alpha value is -1.63. The van der Waals surface area contributed by atoms with Crippen LogP contribution in [0.1, 0.15) is 18.0 Å². The van der Waals surface area contributed by atoms with Gasteiger partial charge in [0.1, 0.15) is 0 Å². The first kappa shape index (κ1) is 13.4. The Morgan fingerprint density at radius 1 is 1.41 bits per heavy atom. The van der Waals surface area contributed by atoms with Gasteiger partial charge in [0.15, 0.2) is 0 Å². The highest BCUT2D eigenvalue weighted by molar-refractivity contribution is 5.20. The van der Waals surface area contributed by atoms with Crippen molar-refractivity contribution in [3.8, 4) is 6.07 Å². The van der Waals surface area contributed by atoms with Gasteiger partial charge in [0.2, 0.25) is 0 Å². The lowest BCUT2D eigenvalue weighted by Crippen LogP contribution is -2.31. The summed E-state index contributed by atoms with van der Waals surface area (Å²) in [6, 6.07) is 12.1. The third kappa shape index (κ3) is 4.03. The molecular weight excluding hydrogens is 212 g/mol. The van der Waals surface area contributed by atoms with Crippen molar-refractivity contribution in [2.45, 2.75) is 12.5 Å². The van der Waals surface area contributed by atoms with Gasteiger partial charge in [0.05, 0.1) is 19.1 Å². The molecule has 0 fully saturated rings. The molecule has 0 aliphatic heterocycles. The van der Waals surface area contributed by atoms with Crippen molar-refractivity contribution in [2.24, 2.45) is 0 Å². The summed E-state index contributed by atoms with van der Waals surface area (Å²) >= 11 is 0. The highest BCUT2D eigenvalue weighted by atomic mass is 16.3. The van der Waals surface area contributed by atoms with Crippen molar-refractivity contribution in [1.82, 2.24) is 4.90 Å². The molecule has 0 spiro atoms. The Morgan fingerprint density at radius 2 is 2.12 bits per heavy atom. The van der Waals surface area contributed by atoms with Crippen molar-refractivity contribution >= 4 is 0 Å². The summed E-state index contributed by atoms with van der Waals surface area (Å²) in [5, 5.41) is 18.0. The number of hydrogen-bond acceptors (Lipinski definition) is 3. The molecule has 3 nitrogen and oxygen atoms in total. The molecule has 1 aromatic carbocycles. The summed E-state index contributed by atoms with van der Waals surface area (Å²) in [4.78, 5) is 2.06. The minimum absolute atomic E-state index is 0.0198. The quantitative estimate of drug-likeness (QED) is 0.730. The maximum atomic E-state index is 9.07. The lowest BCUT2D eigenvalue weighted by atomic mass is 10.0. The topological polar surface area (TPSA) is 47.3 Å². The zero-order chi connectivity index (χ0) is 12.5. The first-order valence-electron chi connectivity index (χ1n) is 5.71. The molecule has 1 aromatic rings. The van der Waals surface area contributed by atoms with Crippen LogP contribution in [0, 0.1) is 11.3 Å². The smallest absolute Gasteiger partial charge is 0.0641 e. The zero-order valence-corrected chi connectivity index (χ0v) is 9.92. The molecule has 0 amide bonds. The molecule has 3 heteroatoms. The highest BCUT2D eigenvalue weighted by Crippen LogP contribution is 2.23. The zero-order valence-electron chi connectivity index (χ0n) is 9.92. The Labute approximate surface area is 103 Å². The molecule has 0 radical (unpaired) electrons. The van der Waals surface area contributed by atoms with Crippen LogP contribution in [0.2, 0.25) is 0 Å². The maximum absolute atomic E-state index is 9.07. The minimum atomic E-state index is 0.0198. The van der Waals surface area contributed by atoms with E-state index in [4.69, 9.17) is 10.4 Å². The molecule has 0 aliphatic carbocycles. The molecule has 1 unspecified atom stereocenters. The van der Waals surface area contributed by atoms with E-state index in [1.807, 2.05) is 30.3 Å². The van der Waals surface area contributed by atoms with E-state index in [0.717, 1.165) is 5.56 Å². The van der Waals surface area contributed by atoms with Crippen LogP contribution in [-0.2, 0) is 0 Å². The van der Waals surface area contributed by atoms with E-state index < -0.39 is 0 Å². The number of hydrogen-bond donors (Lipinski definition) is 1. The number of rotatable bonds is 7. The van der Waals surface area contributed by atoms with Crippen LogP contribution in [0.3, 0.4) is 0 Å². The normalized spacial score (nSPS) is 12.1. The first-order valence-corrected chi connectivity index (χ1v) is 5.71. The van der Waals surface area contributed by atoms with Crippen LogP contribution in [0.4, 0.5) is 0 Å². The number of aliphatic hydroxyl groups is 1. The van der Waals surface area contributed by atoms with Crippen molar-refractivity contribution < 1.29 is 5.11 Å². The molecule has 1 rings (SSSR count). The Kier molecular flexibility index (Phi) is 6.02. The second-order valence-electron chi connectivity index (χ2n) is 3.80. The van der Waals surface area contributed by atoms with E-state index in [-0.39, 0.29) is 12.6 Å². The van der Waals surface area contributed by atoms with Crippen molar-refractivity contribution in [1.29, 1.82) is 5.26 Å². The summed E-state index contributed by atoms with van der Waals surface area (Å²) in [6.07, 6.45) is 2.21. The van der Waals surface area contributed by atoms with Gasteiger partial charge in [0, 0.05) is 19.1 Å². The van der Waals surface area contributed by atoms with E-state index in [9.17, 15) is 0 Å². The van der Waals surface area contributed by atoms with E-state index in [2.05, 4.69) is 17.5 Å². The van der Waals surface area contributed by atoms with E-state index >= 15 is 0 Å². The summed E-state index contributed by atoms with van der Waals surface area (Å²) in [7, 11) is 0. The second kappa shape index (κ2) is 7.61. The van der Waals surface area contributed by atoms with Crippen LogP contribution in [-0.4, -0.2) is 29.7 Å². The van der Waals surface area contributed by atoms with Gasteiger partial charge in [-0.15, -0.1) is 6.58 Å². The molecule has 1 N–H and O–H groups in total. The van der Waals surface area contributed by atoms with Gasteiger partial charge in [-0.2, -0.15) is 5.26 Å². The van der Waals surface area contributed by atoms with E-state index in [1.165, 1.54) is 0 Å². The first-order chi connectivity index (χ1) is 8.33. The minimum Gasteiger partial charge on any atom is -0.395 e. The largest absolute Gasteiger partial charge is 0.395 e. The molecular formula is C14H18N2O. The molecule has 0 bridgehead atoms. The SMILES string of the molecule is C=CCN(CCO)C(CC#N)c1ccccc1. The van der Waals surface area contributed by atoms with Gasteiger partial charge >= 0.3 is 0 Å². The van der Waals surface area contributed by atoms with Crippen molar-refractivity contribution in [3.63, 3.8) is 0 Å². The van der Waals surface area contributed by atoms with Gasteiger partial charge in [-0.3, -0.25) is 4.90 Å². The predicted octanol–water partition coefficient (Wildman–Crippen LogP) is 2.12. The Bertz CT molecular complexity index is 370. The summed E-state index contributed by atoms with van der Waals surface area (Å²) in [6.45, 7) is 5.02. The fourth-order valence-electron chi connectivity index (χ4n) is 1.89. The van der Waals surface area contributed by atoms with Gasteiger partial charge in [-0.05, 0) is 5.56 Å². The molecule has 0 aliphatic rings.